The molecule has 5 aromatic rings. The van der Waals surface area contributed by atoms with Crippen molar-refractivity contribution in [3.8, 4) is 5.75 Å². The second-order valence-corrected chi connectivity index (χ2v) is 9.38. The standard InChI is InChI=1S/C31H27F2N7O3/c32-25-9-8-21(14-26(25)33)18-40-19-35-17-24(30(40)42)29(41)36-11-4-5-20-13-22-16-37-31(38-23-6-2-1-3-7-23)39-28(22)27(15-20)43-12-10-34/h1-9,13-17,19H,10-12,18,34H2,(H,36,41)(H,37,38,39)/b5-4+. The zero-order chi connectivity index (χ0) is 30.2. The Kier molecular flexibility index (Phi) is 9.08. The van der Waals surface area contributed by atoms with Crippen LogP contribution in [0.1, 0.15) is 21.5 Å². The van der Waals surface area contributed by atoms with Crippen molar-refractivity contribution in [1.82, 2.24) is 24.8 Å². The number of hydrogen-bond donors (Lipinski definition) is 3. The molecule has 1 amide bonds. The van der Waals surface area contributed by atoms with Crippen LogP contribution in [0, 0.1) is 11.6 Å². The first kappa shape index (κ1) is 29.0. The highest BCUT2D eigenvalue weighted by Crippen LogP contribution is 2.28. The first-order valence-electron chi connectivity index (χ1n) is 13.3. The van der Waals surface area contributed by atoms with E-state index in [4.69, 9.17) is 10.5 Å². The van der Waals surface area contributed by atoms with Crippen molar-refractivity contribution in [2.45, 2.75) is 6.54 Å². The topological polar surface area (TPSA) is 137 Å². The Bertz CT molecular complexity index is 1850. The molecule has 10 nitrogen and oxygen atoms in total. The van der Waals surface area contributed by atoms with E-state index in [0.717, 1.165) is 39.5 Å². The minimum atomic E-state index is -1.03. The lowest BCUT2D eigenvalue weighted by atomic mass is 10.1. The van der Waals surface area contributed by atoms with Crippen molar-refractivity contribution >= 4 is 34.5 Å². The van der Waals surface area contributed by atoms with E-state index in [2.05, 4.69) is 25.6 Å². The van der Waals surface area contributed by atoms with E-state index in [1.807, 2.05) is 42.5 Å². The van der Waals surface area contributed by atoms with Crippen LogP contribution in [-0.2, 0) is 6.54 Å². The van der Waals surface area contributed by atoms with Crippen LogP contribution in [0.2, 0.25) is 0 Å². The fourth-order valence-electron chi connectivity index (χ4n) is 4.22. The molecule has 0 aliphatic rings. The average molecular weight is 584 g/mol. The number of rotatable bonds is 11. The van der Waals surface area contributed by atoms with Crippen LogP contribution >= 0.6 is 0 Å². The van der Waals surface area contributed by atoms with Crippen LogP contribution in [0.25, 0.3) is 17.0 Å². The molecule has 0 spiro atoms. The van der Waals surface area contributed by atoms with Crippen molar-refractivity contribution in [2.24, 2.45) is 5.73 Å². The van der Waals surface area contributed by atoms with E-state index in [1.54, 1.807) is 18.3 Å². The third-order valence-corrected chi connectivity index (χ3v) is 6.25. The number of carbonyl (C=O) groups excluding carboxylic acids is 1. The molecule has 0 radical (unpaired) electrons. The highest BCUT2D eigenvalue weighted by molar-refractivity contribution is 5.93. The predicted molar refractivity (Wildman–Crippen MR) is 159 cm³/mol. The van der Waals surface area contributed by atoms with Gasteiger partial charge in [0.2, 0.25) is 5.95 Å². The molecule has 5 rings (SSSR count). The predicted octanol–water partition coefficient (Wildman–Crippen LogP) is 4.04. The van der Waals surface area contributed by atoms with Gasteiger partial charge in [-0.25, -0.2) is 23.7 Å². The van der Waals surface area contributed by atoms with Crippen LogP contribution in [0.3, 0.4) is 0 Å². The molecule has 0 atom stereocenters. The summed E-state index contributed by atoms with van der Waals surface area (Å²) in [5.74, 6) is -1.69. The molecule has 2 aromatic heterocycles. The zero-order valence-electron chi connectivity index (χ0n) is 22.8. The summed E-state index contributed by atoms with van der Waals surface area (Å²) in [5, 5.41) is 6.58. The molecule has 0 bridgehead atoms. The number of aromatic nitrogens is 4. The van der Waals surface area contributed by atoms with E-state index < -0.39 is 23.1 Å². The van der Waals surface area contributed by atoms with E-state index in [1.165, 1.54) is 12.4 Å². The highest BCUT2D eigenvalue weighted by Gasteiger charge is 2.13. The molecular formula is C31H27F2N7O3. The third kappa shape index (κ3) is 7.24. The fraction of sp³-hybridized carbons (Fsp3) is 0.129. The Labute approximate surface area is 244 Å². The van der Waals surface area contributed by atoms with Gasteiger partial charge in [-0.1, -0.05) is 36.4 Å². The number of benzene rings is 3. The maximum Gasteiger partial charge on any atom is 0.266 e. The number of carbonyl (C=O) groups is 1. The van der Waals surface area contributed by atoms with E-state index in [0.29, 0.717) is 35.9 Å². The second-order valence-electron chi connectivity index (χ2n) is 9.38. The third-order valence-electron chi connectivity index (χ3n) is 6.25. The lowest BCUT2D eigenvalue weighted by molar-refractivity contribution is 0.0955. The minimum absolute atomic E-state index is 0.0753. The van der Waals surface area contributed by atoms with Crippen molar-refractivity contribution < 1.29 is 18.3 Å². The largest absolute Gasteiger partial charge is 0.490 e. The van der Waals surface area contributed by atoms with Crippen molar-refractivity contribution in [3.05, 3.63) is 124 Å². The summed E-state index contributed by atoms with van der Waals surface area (Å²) in [7, 11) is 0. The summed E-state index contributed by atoms with van der Waals surface area (Å²) in [6, 6.07) is 16.6. The molecule has 218 valence electrons. The van der Waals surface area contributed by atoms with Crippen LogP contribution in [-0.4, -0.2) is 45.1 Å². The fourth-order valence-corrected chi connectivity index (χ4v) is 4.22. The van der Waals surface area contributed by atoms with Crippen LogP contribution in [0.15, 0.2) is 90.3 Å². The van der Waals surface area contributed by atoms with Gasteiger partial charge in [0, 0.05) is 36.6 Å². The molecule has 0 aliphatic heterocycles. The second kappa shape index (κ2) is 13.4. The zero-order valence-corrected chi connectivity index (χ0v) is 22.8. The number of hydrogen-bond acceptors (Lipinski definition) is 8. The first-order chi connectivity index (χ1) is 20.9. The minimum Gasteiger partial charge on any atom is -0.490 e. The number of amides is 1. The number of nitrogens with zero attached hydrogens (tertiary/aromatic N) is 4. The van der Waals surface area contributed by atoms with Crippen LogP contribution < -0.4 is 26.7 Å². The lowest BCUT2D eigenvalue weighted by Gasteiger charge is -2.11. The average Bonchev–Trinajstić information content (AvgIpc) is 3.01. The molecule has 4 N–H and O–H groups in total. The van der Waals surface area contributed by atoms with Gasteiger partial charge in [-0.3, -0.25) is 14.2 Å². The van der Waals surface area contributed by atoms with Gasteiger partial charge in [0.15, 0.2) is 11.6 Å². The number of halogens is 2. The van der Waals surface area contributed by atoms with E-state index in [9.17, 15) is 18.4 Å². The van der Waals surface area contributed by atoms with Crippen molar-refractivity contribution in [2.75, 3.05) is 25.0 Å². The van der Waals surface area contributed by atoms with Gasteiger partial charge in [-0.15, -0.1) is 0 Å². The van der Waals surface area contributed by atoms with Crippen LogP contribution in [0.5, 0.6) is 5.75 Å². The lowest BCUT2D eigenvalue weighted by Crippen LogP contribution is -2.33. The monoisotopic (exact) mass is 583 g/mol. The summed E-state index contributed by atoms with van der Waals surface area (Å²) in [6.07, 6.45) is 7.59. The van der Waals surface area contributed by atoms with Gasteiger partial charge in [-0.05, 0) is 47.5 Å². The molecule has 0 unspecified atom stereocenters. The first-order valence-corrected chi connectivity index (χ1v) is 13.3. The molecule has 0 saturated carbocycles. The Morgan fingerprint density at radius 1 is 1.05 bits per heavy atom. The van der Waals surface area contributed by atoms with Gasteiger partial charge in [0.25, 0.3) is 11.5 Å². The summed E-state index contributed by atoms with van der Waals surface area (Å²) in [5.41, 5.74) is 7.45. The molecule has 0 fully saturated rings. The van der Waals surface area contributed by atoms with Crippen molar-refractivity contribution in [1.29, 1.82) is 0 Å². The SMILES string of the molecule is NCCOc1cc(/C=C/CNC(=O)c2cncn(Cc3ccc(F)c(F)c3)c2=O)cc2cnc(Nc3ccccc3)nc12. The van der Waals surface area contributed by atoms with Crippen LogP contribution in [0.4, 0.5) is 20.4 Å². The smallest absolute Gasteiger partial charge is 0.266 e. The summed E-state index contributed by atoms with van der Waals surface area (Å²) < 4.78 is 33.8. The summed E-state index contributed by atoms with van der Waals surface area (Å²) in [6.45, 7) is 0.658. The maximum absolute atomic E-state index is 13.6. The van der Waals surface area contributed by atoms with Gasteiger partial charge in [0.1, 0.15) is 23.4 Å². The Morgan fingerprint density at radius 3 is 2.67 bits per heavy atom. The highest BCUT2D eigenvalue weighted by atomic mass is 19.2. The van der Waals surface area contributed by atoms with Crippen molar-refractivity contribution in [3.63, 3.8) is 0 Å². The summed E-state index contributed by atoms with van der Waals surface area (Å²) >= 11 is 0. The molecule has 12 heteroatoms. The van der Waals surface area contributed by atoms with Gasteiger partial charge in [-0.2, -0.15) is 0 Å². The molecule has 2 heterocycles. The number of nitrogens with two attached hydrogens (primary N) is 1. The number of fused-ring (bicyclic) bond motifs is 1. The Hall–Kier alpha value is -5.49. The summed E-state index contributed by atoms with van der Waals surface area (Å²) in [4.78, 5) is 38.5. The van der Waals surface area contributed by atoms with Gasteiger partial charge in [0.05, 0.1) is 12.9 Å². The van der Waals surface area contributed by atoms with E-state index >= 15 is 0 Å². The molecule has 0 aliphatic carbocycles. The Balaban J connectivity index is 1.27. The number of nitrogens with one attached hydrogen (secondary N) is 2. The maximum atomic E-state index is 13.6. The Morgan fingerprint density at radius 2 is 1.88 bits per heavy atom. The number of para-hydroxylation sites is 1. The molecule has 3 aromatic carbocycles. The number of ether oxygens (including phenoxy) is 1. The molecule has 0 saturated heterocycles. The molecule has 43 heavy (non-hydrogen) atoms. The van der Waals surface area contributed by atoms with Gasteiger partial charge < -0.3 is 21.1 Å². The molecular weight excluding hydrogens is 556 g/mol. The van der Waals surface area contributed by atoms with Gasteiger partial charge >= 0.3 is 0 Å². The quantitative estimate of drug-likeness (QED) is 0.212. The number of anilines is 2. The van der Waals surface area contributed by atoms with E-state index in [-0.39, 0.29) is 18.7 Å². The normalized spacial score (nSPS) is 11.1.